The summed E-state index contributed by atoms with van der Waals surface area (Å²) in [4.78, 5) is 23.4. The van der Waals surface area contributed by atoms with Gasteiger partial charge in [0, 0.05) is 25.0 Å². The number of hydrogen-bond donors (Lipinski definition) is 0. The van der Waals surface area contributed by atoms with Gasteiger partial charge in [0.1, 0.15) is 0 Å². The summed E-state index contributed by atoms with van der Waals surface area (Å²) in [6.45, 7) is 4.12. The SMILES string of the molecule is CCOC(=O)/C=C/c1cc2c(cc1/C=C/C(=O)OCC)OC1(CCCCC1)O2. The van der Waals surface area contributed by atoms with E-state index in [-0.39, 0.29) is 0 Å². The molecule has 0 aromatic heterocycles. The second-order valence-electron chi connectivity index (χ2n) is 6.77. The Morgan fingerprint density at radius 3 is 1.79 bits per heavy atom. The van der Waals surface area contributed by atoms with Crippen LogP contribution in [0.3, 0.4) is 0 Å². The van der Waals surface area contributed by atoms with E-state index in [1.807, 2.05) is 12.1 Å². The highest BCUT2D eigenvalue weighted by atomic mass is 16.7. The molecule has 1 fully saturated rings. The van der Waals surface area contributed by atoms with Crippen LogP contribution in [0.1, 0.15) is 57.1 Å². The lowest BCUT2D eigenvalue weighted by atomic mass is 9.94. The molecule has 6 heteroatoms. The number of esters is 2. The predicted molar refractivity (Wildman–Crippen MR) is 105 cm³/mol. The van der Waals surface area contributed by atoms with E-state index in [9.17, 15) is 9.59 Å². The molecule has 3 rings (SSSR count). The standard InChI is InChI=1S/C22H26O6/c1-3-25-20(23)10-8-16-14-18-19(15-17(16)9-11-21(24)26-4-2)28-22(27-18)12-6-5-7-13-22/h8-11,14-15H,3-7,12-13H2,1-2H3/b10-8+,11-9+. The summed E-state index contributed by atoms with van der Waals surface area (Å²) in [5.41, 5.74) is 1.45. The Kier molecular flexibility index (Phi) is 6.39. The zero-order valence-electron chi connectivity index (χ0n) is 16.4. The first-order valence-corrected chi connectivity index (χ1v) is 9.81. The van der Waals surface area contributed by atoms with Crippen molar-refractivity contribution in [2.45, 2.75) is 51.7 Å². The predicted octanol–water partition coefficient (Wildman–Crippen LogP) is 4.27. The fourth-order valence-corrected chi connectivity index (χ4v) is 3.45. The molecule has 0 bridgehead atoms. The van der Waals surface area contributed by atoms with Gasteiger partial charge in [-0.05, 0) is 62.1 Å². The van der Waals surface area contributed by atoms with Crippen LogP contribution in [-0.2, 0) is 19.1 Å². The summed E-state index contributed by atoms with van der Waals surface area (Å²) < 4.78 is 22.2. The Morgan fingerprint density at radius 2 is 1.36 bits per heavy atom. The van der Waals surface area contributed by atoms with Crippen molar-refractivity contribution in [1.29, 1.82) is 0 Å². The van der Waals surface area contributed by atoms with Gasteiger partial charge in [0.05, 0.1) is 13.2 Å². The van der Waals surface area contributed by atoms with Gasteiger partial charge in [-0.15, -0.1) is 0 Å². The topological polar surface area (TPSA) is 71.1 Å². The van der Waals surface area contributed by atoms with Crippen LogP contribution < -0.4 is 9.47 Å². The molecule has 1 heterocycles. The molecule has 28 heavy (non-hydrogen) atoms. The molecule has 150 valence electrons. The lowest BCUT2D eigenvalue weighted by molar-refractivity contribution is -0.138. The van der Waals surface area contributed by atoms with Crippen LogP contribution >= 0.6 is 0 Å². The third-order valence-electron chi connectivity index (χ3n) is 4.73. The number of ether oxygens (including phenoxy) is 4. The van der Waals surface area contributed by atoms with E-state index in [1.165, 1.54) is 18.6 Å². The monoisotopic (exact) mass is 386 g/mol. The zero-order valence-corrected chi connectivity index (χ0v) is 16.4. The number of fused-ring (bicyclic) bond motifs is 1. The van der Waals surface area contributed by atoms with E-state index in [2.05, 4.69) is 0 Å². The Hall–Kier alpha value is -2.76. The van der Waals surface area contributed by atoms with Gasteiger partial charge in [-0.1, -0.05) is 6.42 Å². The molecule has 0 saturated heterocycles. The van der Waals surface area contributed by atoms with Crippen LogP contribution in [0, 0.1) is 0 Å². The number of rotatable bonds is 6. The van der Waals surface area contributed by atoms with Crippen LogP contribution in [0.4, 0.5) is 0 Å². The van der Waals surface area contributed by atoms with Crippen molar-refractivity contribution in [2.24, 2.45) is 0 Å². The third kappa shape index (κ3) is 4.74. The summed E-state index contributed by atoms with van der Waals surface area (Å²) in [6.07, 6.45) is 11.0. The third-order valence-corrected chi connectivity index (χ3v) is 4.73. The van der Waals surface area contributed by atoms with Crippen molar-refractivity contribution in [1.82, 2.24) is 0 Å². The first kappa shape index (κ1) is 20.0. The fraction of sp³-hybridized carbons (Fsp3) is 0.455. The molecule has 1 aliphatic heterocycles. The highest BCUT2D eigenvalue weighted by Crippen LogP contribution is 2.47. The molecule has 0 N–H and O–H groups in total. The van der Waals surface area contributed by atoms with E-state index in [0.29, 0.717) is 24.7 Å². The molecule has 0 radical (unpaired) electrons. The Balaban J connectivity index is 1.89. The van der Waals surface area contributed by atoms with Gasteiger partial charge in [-0.3, -0.25) is 0 Å². The van der Waals surface area contributed by atoms with Crippen molar-refractivity contribution in [3.63, 3.8) is 0 Å². The number of carbonyl (C=O) groups is 2. The van der Waals surface area contributed by atoms with Crippen molar-refractivity contribution in [2.75, 3.05) is 13.2 Å². The molecular weight excluding hydrogens is 360 g/mol. The van der Waals surface area contributed by atoms with E-state index in [0.717, 1.165) is 36.8 Å². The lowest BCUT2D eigenvalue weighted by Crippen LogP contribution is -2.40. The molecular formula is C22H26O6. The van der Waals surface area contributed by atoms with E-state index in [1.54, 1.807) is 26.0 Å². The van der Waals surface area contributed by atoms with Crippen LogP contribution in [0.5, 0.6) is 11.5 Å². The molecule has 1 aromatic carbocycles. The summed E-state index contributed by atoms with van der Waals surface area (Å²) >= 11 is 0. The van der Waals surface area contributed by atoms with Gasteiger partial charge in [0.15, 0.2) is 11.5 Å². The molecule has 0 amide bonds. The van der Waals surface area contributed by atoms with Crippen LogP contribution in [0.25, 0.3) is 12.2 Å². The molecule has 0 unspecified atom stereocenters. The fourth-order valence-electron chi connectivity index (χ4n) is 3.45. The number of benzene rings is 1. The second kappa shape index (κ2) is 8.95. The molecule has 1 spiro atoms. The molecule has 2 aliphatic rings. The summed E-state index contributed by atoms with van der Waals surface area (Å²) in [5, 5.41) is 0. The highest BCUT2D eigenvalue weighted by Gasteiger charge is 2.42. The van der Waals surface area contributed by atoms with Crippen LogP contribution in [0.2, 0.25) is 0 Å². The minimum atomic E-state index is -0.591. The van der Waals surface area contributed by atoms with Gasteiger partial charge in [-0.25, -0.2) is 9.59 Å². The molecule has 1 aliphatic carbocycles. The zero-order chi connectivity index (χ0) is 20.0. The van der Waals surface area contributed by atoms with Crippen molar-refractivity contribution < 1.29 is 28.5 Å². The minimum Gasteiger partial charge on any atom is -0.463 e. The quantitative estimate of drug-likeness (QED) is 0.537. The summed E-state index contributed by atoms with van der Waals surface area (Å²) in [5.74, 6) is -0.141. The van der Waals surface area contributed by atoms with Crippen molar-refractivity contribution >= 4 is 24.1 Å². The van der Waals surface area contributed by atoms with E-state index < -0.39 is 17.7 Å². The van der Waals surface area contributed by atoms with Gasteiger partial charge in [0.2, 0.25) is 0 Å². The van der Waals surface area contributed by atoms with Crippen molar-refractivity contribution in [3.8, 4) is 11.5 Å². The minimum absolute atomic E-state index is 0.308. The molecule has 0 atom stereocenters. The van der Waals surface area contributed by atoms with Gasteiger partial charge < -0.3 is 18.9 Å². The average Bonchev–Trinajstić information content (AvgIpc) is 3.01. The summed E-state index contributed by atoms with van der Waals surface area (Å²) in [6, 6.07) is 3.67. The van der Waals surface area contributed by atoms with Crippen molar-refractivity contribution in [3.05, 3.63) is 35.4 Å². The Bertz CT molecular complexity index is 727. The maximum atomic E-state index is 11.7. The van der Waals surface area contributed by atoms with Gasteiger partial charge in [0.25, 0.3) is 5.79 Å². The average molecular weight is 386 g/mol. The van der Waals surface area contributed by atoms with Gasteiger partial charge in [-0.2, -0.15) is 0 Å². The first-order chi connectivity index (χ1) is 13.5. The summed E-state index contributed by atoms with van der Waals surface area (Å²) in [7, 11) is 0. The number of carbonyl (C=O) groups excluding carboxylic acids is 2. The highest BCUT2D eigenvalue weighted by molar-refractivity contribution is 5.90. The Morgan fingerprint density at radius 1 is 0.893 bits per heavy atom. The number of hydrogen-bond acceptors (Lipinski definition) is 6. The Labute approximate surface area is 165 Å². The maximum absolute atomic E-state index is 11.7. The largest absolute Gasteiger partial charge is 0.463 e. The van der Waals surface area contributed by atoms with E-state index >= 15 is 0 Å². The lowest BCUT2D eigenvalue weighted by Gasteiger charge is -2.31. The second-order valence-corrected chi connectivity index (χ2v) is 6.77. The van der Waals surface area contributed by atoms with Crippen LogP contribution in [-0.4, -0.2) is 30.9 Å². The van der Waals surface area contributed by atoms with E-state index in [4.69, 9.17) is 18.9 Å². The first-order valence-electron chi connectivity index (χ1n) is 9.81. The molecule has 6 nitrogen and oxygen atoms in total. The van der Waals surface area contributed by atoms with Crippen LogP contribution in [0.15, 0.2) is 24.3 Å². The smallest absolute Gasteiger partial charge is 0.330 e. The normalized spacial score (nSPS) is 17.4. The molecule has 1 saturated carbocycles. The van der Waals surface area contributed by atoms with Gasteiger partial charge >= 0.3 is 11.9 Å². The maximum Gasteiger partial charge on any atom is 0.330 e. The molecule has 1 aromatic rings.